The fourth-order valence-corrected chi connectivity index (χ4v) is 2.20. The third-order valence-electron chi connectivity index (χ3n) is 3.38. The Morgan fingerprint density at radius 2 is 1.71 bits per heavy atom. The molecule has 1 rings (SSSR count). The van der Waals surface area contributed by atoms with E-state index in [1.807, 2.05) is 49.1 Å². The van der Waals surface area contributed by atoms with Gasteiger partial charge in [-0.25, -0.2) is 0 Å². The van der Waals surface area contributed by atoms with Crippen LogP contribution in [0.4, 0.5) is 5.69 Å². The SMILES string of the molecule is CCN(CC)C(=O)CN(CCCC(=O)O)c1ccccc1. The second kappa shape index (κ2) is 9.00. The van der Waals surface area contributed by atoms with Gasteiger partial charge < -0.3 is 14.9 Å². The Morgan fingerprint density at radius 3 is 2.24 bits per heavy atom. The van der Waals surface area contributed by atoms with Crippen LogP contribution in [0.25, 0.3) is 0 Å². The molecule has 0 spiro atoms. The second-order valence-corrected chi connectivity index (χ2v) is 4.82. The molecule has 116 valence electrons. The molecule has 0 heterocycles. The summed E-state index contributed by atoms with van der Waals surface area (Å²) < 4.78 is 0. The molecule has 0 aromatic heterocycles. The van der Waals surface area contributed by atoms with Gasteiger partial charge in [0.05, 0.1) is 6.54 Å². The van der Waals surface area contributed by atoms with E-state index in [0.29, 0.717) is 26.1 Å². The average Bonchev–Trinajstić information content (AvgIpc) is 2.48. The van der Waals surface area contributed by atoms with E-state index >= 15 is 0 Å². The summed E-state index contributed by atoms with van der Waals surface area (Å²) in [6.07, 6.45) is 0.637. The van der Waals surface area contributed by atoms with Gasteiger partial charge in [0, 0.05) is 31.7 Å². The molecule has 1 aromatic carbocycles. The molecule has 0 bridgehead atoms. The third-order valence-corrected chi connectivity index (χ3v) is 3.38. The first-order valence-electron chi connectivity index (χ1n) is 7.38. The van der Waals surface area contributed by atoms with Crippen LogP contribution >= 0.6 is 0 Å². The molecule has 0 aliphatic rings. The molecule has 0 aliphatic heterocycles. The van der Waals surface area contributed by atoms with Crippen LogP contribution < -0.4 is 4.90 Å². The molecule has 5 nitrogen and oxygen atoms in total. The van der Waals surface area contributed by atoms with Gasteiger partial charge in [0.1, 0.15) is 0 Å². The molecule has 21 heavy (non-hydrogen) atoms. The quantitative estimate of drug-likeness (QED) is 0.758. The van der Waals surface area contributed by atoms with Crippen molar-refractivity contribution >= 4 is 17.6 Å². The van der Waals surface area contributed by atoms with Crippen LogP contribution in [0.2, 0.25) is 0 Å². The minimum absolute atomic E-state index is 0.0687. The van der Waals surface area contributed by atoms with Crippen molar-refractivity contribution < 1.29 is 14.7 Å². The highest BCUT2D eigenvalue weighted by atomic mass is 16.4. The summed E-state index contributed by atoms with van der Waals surface area (Å²) >= 11 is 0. The topological polar surface area (TPSA) is 60.9 Å². The molecule has 0 atom stereocenters. The second-order valence-electron chi connectivity index (χ2n) is 4.82. The van der Waals surface area contributed by atoms with E-state index in [0.717, 1.165) is 5.69 Å². The summed E-state index contributed by atoms with van der Waals surface area (Å²) in [6.45, 7) is 6.13. The smallest absolute Gasteiger partial charge is 0.303 e. The van der Waals surface area contributed by atoms with Gasteiger partial charge in [-0.3, -0.25) is 9.59 Å². The number of carboxylic acid groups (broad SMARTS) is 1. The number of hydrogen-bond donors (Lipinski definition) is 1. The maximum Gasteiger partial charge on any atom is 0.303 e. The van der Waals surface area contributed by atoms with E-state index in [1.54, 1.807) is 4.90 Å². The number of carboxylic acids is 1. The number of nitrogens with zero attached hydrogens (tertiary/aromatic N) is 2. The number of hydrogen-bond acceptors (Lipinski definition) is 3. The zero-order valence-electron chi connectivity index (χ0n) is 12.8. The van der Waals surface area contributed by atoms with E-state index in [2.05, 4.69) is 0 Å². The maximum absolute atomic E-state index is 12.3. The number of carbonyl (C=O) groups excluding carboxylic acids is 1. The summed E-state index contributed by atoms with van der Waals surface area (Å²) in [6, 6.07) is 9.64. The number of amides is 1. The van der Waals surface area contributed by atoms with Crippen molar-refractivity contribution in [2.24, 2.45) is 0 Å². The lowest BCUT2D eigenvalue weighted by Gasteiger charge is -2.27. The van der Waals surface area contributed by atoms with E-state index in [-0.39, 0.29) is 18.9 Å². The number of anilines is 1. The molecule has 0 unspecified atom stereocenters. The van der Waals surface area contributed by atoms with Gasteiger partial charge in [-0.15, -0.1) is 0 Å². The van der Waals surface area contributed by atoms with Crippen molar-refractivity contribution in [3.8, 4) is 0 Å². The van der Waals surface area contributed by atoms with Crippen LogP contribution in [0.3, 0.4) is 0 Å². The van der Waals surface area contributed by atoms with Crippen LogP contribution in [-0.2, 0) is 9.59 Å². The van der Waals surface area contributed by atoms with Crippen LogP contribution in [0.1, 0.15) is 26.7 Å². The van der Waals surface area contributed by atoms with E-state index in [4.69, 9.17) is 5.11 Å². The zero-order chi connectivity index (χ0) is 15.7. The largest absolute Gasteiger partial charge is 0.481 e. The van der Waals surface area contributed by atoms with Gasteiger partial charge in [0.15, 0.2) is 0 Å². The zero-order valence-corrected chi connectivity index (χ0v) is 12.8. The number of likely N-dealkylation sites (N-methyl/N-ethyl adjacent to an activating group) is 1. The van der Waals surface area contributed by atoms with E-state index in [1.165, 1.54) is 0 Å². The predicted molar refractivity (Wildman–Crippen MR) is 83.5 cm³/mol. The Hall–Kier alpha value is -2.04. The fraction of sp³-hybridized carbons (Fsp3) is 0.500. The summed E-state index contributed by atoms with van der Waals surface area (Å²) in [5.41, 5.74) is 0.948. The highest BCUT2D eigenvalue weighted by Crippen LogP contribution is 2.14. The van der Waals surface area contributed by atoms with Gasteiger partial charge in [0.2, 0.25) is 5.91 Å². The Morgan fingerprint density at radius 1 is 1.10 bits per heavy atom. The molecular formula is C16H24N2O3. The Bertz CT molecular complexity index is 444. The molecule has 0 saturated carbocycles. The summed E-state index contributed by atoms with van der Waals surface area (Å²) in [7, 11) is 0. The summed E-state index contributed by atoms with van der Waals surface area (Å²) in [5, 5.41) is 8.75. The minimum Gasteiger partial charge on any atom is -0.481 e. The Kier molecular flexibility index (Phi) is 7.29. The van der Waals surface area contributed by atoms with Crippen molar-refractivity contribution in [3.05, 3.63) is 30.3 Å². The van der Waals surface area contributed by atoms with Crippen molar-refractivity contribution in [1.82, 2.24) is 4.90 Å². The molecule has 0 aliphatic carbocycles. The normalized spacial score (nSPS) is 10.2. The Balaban J connectivity index is 2.72. The molecule has 0 fully saturated rings. The van der Waals surface area contributed by atoms with E-state index in [9.17, 15) is 9.59 Å². The van der Waals surface area contributed by atoms with Crippen molar-refractivity contribution in [3.63, 3.8) is 0 Å². The molecule has 1 aromatic rings. The highest BCUT2D eigenvalue weighted by Gasteiger charge is 2.15. The van der Waals surface area contributed by atoms with Crippen LogP contribution in [-0.4, -0.2) is 48.1 Å². The van der Waals surface area contributed by atoms with Crippen LogP contribution in [0.15, 0.2) is 30.3 Å². The molecular weight excluding hydrogens is 268 g/mol. The summed E-state index contributed by atoms with van der Waals surface area (Å²) in [4.78, 5) is 26.6. The van der Waals surface area contributed by atoms with Crippen molar-refractivity contribution in [2.75, 3.05) is 31.1 Å². The number of carbonyl (C=O) groups is 2. The van der Waals surface area contributed by atoms with Gasteiger partial charge >= 0.3 is 5.97 Å². The average molecular weight is 292 g/mol. The van der Waals surface area contributed by atoms with Gasteiger partial charge in [-0.05, 0) is 32.4 Å². The lowest BCUT2D eigenvalue weighted by molar-refractivity contribution is -0.137. The van der Waals surface area contributed by atoms with E-state index < -0.39 is 5.97 Å². The summed E-state index contributed by atoms with van der Waals surface area (Å²) in [5.74, 6) is -0.739. The number of rotatable bonds is 9. The van der Waals surface area contributed by atoms with Crippen molar-refractivity contribution in [2.45, 2.75) is 26.7 Å². The first-order chi connectivity index (χ1) is 10.1. The standard InChI is InChI=1S/C16H24N2O3/c1-3-17(4-2)15(19)13-18(12-8-11-16(20)21)14-9-6-5-7-10-14/h5-7,9-10H,3-4,8,11-13H2,1-2H3,(H,20,21). The number of benzene rings is 1. The molecule has 5 heteroatoms. The molecule has 1 amide bonds. The highest BCUT2D eigenvalue weighted by molar-refractivity contribution is 5.81. The van der Waals surface area contributed by atoms with Crippen LogP contribution in [0.5, 0.6) is 0 Å². The first kappa shape index (κ1) is 17.0. The van der Waals surface area contributed by atoms with Gasteiger partial charge in [-0.1, -0.05) is 18.2 Å². The predicted octanol–water partition coefficient (Wildman–Crippen LogP) is 2.23. The van der Waals surface area contributed by atoms with Crippen LogP contribution in [0, 0.1) is 0 Å². The maximum atomic E-state index is 12.3. The monoisotopic (exact) mass is 292 g/mol. The minimum atomic E-state index is -0.807. The molecule has 0 saturated heterocycles. The third kappa shape index (κ3) is 5.85. The van der Waals surface area contributed by atoms with Gasteiger partial charge in [0.25, 0.3) is 0 Å². The molecule has 0 radical (unpaired) electrons. The van der Waals surface area contributed by atoms with Gasteiger partial charge in [-0.2, -0.15) is 0 Å². The number of para-hydroxylation sites is 1. The fourth-order valence-electron chi connectivity index (χ4n) is 2.20. The first-order valence-corrected chi connectivity index (χ1v) is 7.38. The molecule has 1 N–H and O–H groups in total. The lowest BCUT2D eigenvalue weighted by atomic mass is 10.2. The number of aliphatic carboxylic acids is 1. The van der Waals surface area contributed by atoms with Crippen molar-refractivity contribution in [1.29, 1.82) is 0 Å². The lowest BCUT2D eigenvalue weighted by Crippen LogP contribution is -2.40. The Labute approximate surface area is 126 Å².